The van der Waals surface area contributed by atoms with Crippen LogP contribution in [-0.4, -0.2) is 78.0 Å². The highest BCUT2D eigenvalue weighted by atomic mass is 31.2. The van der Waals surface area contributed by atoms with Crippen molar-refractivity contribution in [3.8, 4) is 0 Å². The molecule has 168 valence electrons. The molecule has 0 unspecified atom stereocenters. The van der Waals surface area contributed by atoms with Gasteiger partial charge in [0.15, 0.2) is 0 Å². The van der Waals surface area contributed by atoms with Gasteiger partial charge in [0.2, 0.25) is 5.91 Å². The lowest BCUT2D eigenvalue weighted by atomic mass is 10.3. The van der Waals surface area contributed by atoms with E-state index in [1.54, 1.807) is 4.90 Å². The maximum Gasteiger partial charge on any atom is 0.344 e. The second-order valence-corrected chi connectivity index (χ2v) is 10.7. The molecule has 0 heterocycles. The summed E-state index contributed by atoms with van der Waals surface area (Å²) in [6, 6.07) is 0. The number of carbonyl (C=O) groups excluding carboxylic acids is 1. The third-order valence-electron chi connectivity index (χ3n) is 4.02. The Kier molecular flexibility index (Phi) is 15.3. The van der Waals surface area contributed by atoms with E-state index in [9.17, 15) is 13.9 Å². The molecule has 12 heteroatoms. The Morgan fingerprint density at radius 3 is 1.86 bits per heavy atom. The number of hydrogen-bond donors (Lipinski definition) is 2. The lowest BCUT2D eigenvalue weighted by Gasteiger charge is -2.27. The molecular formula is C16H37N3O7P2. The molecule has 0 aromatic rings. The van der Waals surface area contributed by atoms with Crippen LogP contribution in [0.4, 0.5) is 0 Å². The minimum atomic E-state index is -3.35. The molecule has 0 radical (unpaired) electrons. The second kappa shape index (κ2) is 15.5. The molecule has 0 fully saturated rings. The van der Waals surface area contributed by atoms with Gasteiger partial charge in [-0.25, -0.2) is 0 Å². The molecular weight excluding hydrogens is 408 g/mol. The number of carbonyl (C=O) groups is 1. The summed E-state index contributed by atoms with van der Waals surface area (Å²) >= 11 is 0. The first kappa shape index (κ1) is 27.7. The van der Waals surface area contributed by atoms with Crippen LogP contribution < -0.4 is 10.6 Å². The molecule has 10 nitrogen and oxygen atoms in total. The predicted octanol–water partition coefficient (Wildman–Crippen LogP) is 2.46. The van der Waals surface area contributed by atoms with Gasteiger partial charge in [0.05, 0.1) is 0 Å². The maximum absolute atomic E-state index is 12.4. The zero-order chi connectivity index (χ0) is 21.5. The van der Waals surface area contributed by atoms with Gasteiger partial charge in [-0.15, -0.1) is 0 Å². The van der Waals surface area contributed by atoms with Crippen LogP contribution in [0.3, 0.4) is 0 Å². The molecule has 0 aromatic carbocycles. The molecule has 1 amide bonds. The summed E-state index contributed by atoms with van der Waals surface area (Å²) in [5.41, 5.74) is 0. The van der Waals surface area contributed by atoms with Crippen molar-refractivity contribution in [3.63, 3.8) is 0 Å². The first-order valence-electron chi connectivity index (χ1n) is 9.39. The molecule has 0 aliphatic heterocycles. The van der Waals surface area contributed by atoms with E-state index in [1.807, 2.05) is 0 Å². The lowest BCUT2D eigenvalue weighted by molar-refractivity contribution is -0.121. The van der Waals surface area contributed by atoms with Crippen molar-refractivity contribution in [3.05, 3.63) is 0 Å². The summed E-state index contributed by atoms with van der Waals surface area (Å²) in [6.45, 7) is 4.93. The van der Waals surface area contributed by atoms with Gasteiger partial charge in [-0.2, -0.15) is 0 Å². The van der Waals surface area contributed by atoms with Gasteiger partial charge in [0.1, 0.15) is 12.6 Å². The van der Waals surface area contributed by atoms with Gasteiger partial charge in [-0.05, 0) is 38.9 Å². The Balaban J connectivity index is 4.49. The smallest absolute Gasteiger partial charge is 0.344 e. The van der Waals surface area contributed by atoms with Crippen LogP contribution in [0.1, 0.15) is 32.6 Å². The first-order valence-corrected chi connectivity index (χ1v) is 12.8. The van der Waals surface area contributed by atoms with Crippen molar-refractivity contribution in [1.82, 2.24) is 15.5 Å². The summed E-state index contributed by atoms with van der Waals surface area (Å²) in [7, 11) is -1.55. The van der Waals surface area contributed by atoms with Crippen molar-refractivity contribution in [2.75, 3.05) is 67.2 Å². The van der Waals surface area contributed by atoms with Crippen molar-refractivity contribution >= 4 is 21.1 Å². The fraction of sp³-hybridized carbons (Fsp3) is 0.938. The highest BCUT2D eigenvalue weighted by Crippen LogP contribution is 2.51. The highest BCUT2D eigenvalue weighted by molar-refractivity contribution is 7.54. The minimum Gasteiger partial charge on any atom is -0.356 e. The van der Waals surface area contributed by atoms with Gasteiger partial charge in [0, 0.05) is 41.4 Å². The molecule has 0 aromatic heterocycles. The van der Waals surface area contributed by atoms with Gasteiger partial charge >= 0.3 is 15.2 Å². The Hall–Kier alpha value is -0.310. The molecule has 0 saturated carbocycles. The molecule has 2 N–H and O–H groups in total. The molecule has 28 heavy (non-hydrogen) atoms. The fourth-order valence-electron chi connectivity index (χ4n) is 2.35. The Morgan fingerprint density at radius 1 is 0.857 bits per heavy atom. The van der Waals surface area contributed by atoms with E-state index in [0.29, 0.717) is 25.9 Å². The third-order valence-corrected chi connectivity index (χ3v) is 7.73. The summed E-state index contributed by atoms with van der Waals surface area (Å²) in [5, 5.41) is 6.14. The maximum atomic E-state index is 12.4. The summed E-state index contributed by atoms with van der Waals surface area (Å²) < 4.78 is 44.7. The molecule has 0 aliphatic rings. The van der Waals surface area contributed by atoms with E-state index in [4.69, 9.17) is 18.1 Å². The number of amides is 1. The predicted molar refractivity (Wildman–Crippen MR) is 110 cm³/mol. The second-order valence-electron chi connectivity index (χ2n) is 6.19. The van der Waals surface area contributed by atoms with Crippen LogP contribution in [0, 0.1) is 0 Å². The van der Waals surface area contributed by atoms with Crippen molar-refractivity contribution in [1.29, 1.82) is 0 Å². The van der Waals surface area contributed by atoms with Crippen LogP contribution in [0.25, 0.3) is 0 Å². The summed E-state index contributed by atoms with van der Waals surface area (Å²) in [6.07, 6.45) is 2.58. The molecule has 0 rings (SSSR count). The standard InChI is InChI=1S/C16H37N3O7P2/c1-6-10-17-11-8-12-18-16(20)9-7-13-19(14-27(21,23-2)24-3)15-28(22,25-4)26-5/h17H,6-15H2,1-5H3,(H,18,20). The third kappa shape index (κ3) is 12.3. The quantitative estimate of drug-likeness (QED) is 0.242. The molecule has 0 spiro atoms. The average Bonchev–Trinajstić information content (AvgIpc) is 2.70. The number of rotatable bonds is 18. The number of hydrogen-bond acceptors (Lipinski definition) is 9. The van der Waals surface area contributed by atoms with E-state index in [-0.39, 0.29) is 18.5 Å². The van der Waals surface area contributed by atoms with E-state index in [1.165, 1.54) is 28.4 Å². The zero-order valence-electron chi connectivity index (χ0n) is 17.8. The normalized spacial score (nSPS) is 12.5. The zero-order valence-corrected chi connectivity index (χ0v) is 19.6. The van der Waals surface area contributed by atoms with Crippen LogP contribution in [-0.2, 0) is 32.0 Å². The van der Waals surface area contributed by atoms with Crippen LogP contribution in [0.5, 0.6) is 0 Å². The lowest BCUT2D eigenvalue weighted by Crippen LogP contribution is -2.31. The van der Waals surface area contributed by atoms with E-state index < -0.39 is 15.2 Å². The van der Waals surface area contributed by atoms with Gasteiger partial charge in [0.25, 0.3) is 0 Å². The van der Waals surface area contributed by atoms with Gasteiger partial charge in [-0.1, -0.05) is 6.92 Å². The summed E-state index contributed by atoms with van der Waals surface area (Å²) in [4.78, 5) is 13.6. The Bertz CT molecular complexity index is 478. The summed E-state index contributed by atoms with van der Waals surface area (Å²) in [5.74, 6) is -0.0567. The molecule has 0 saturated heterocycles. The highest BCUT2D eigenvalue weighted by Gasteiger charge is 2.31. The first-order chi connectivity index (χ1) is 13.3. The Morgan fingerprint density at radius 2 is 1.39 bits per heavy atom. The SMILES string of the molecule is CCCNCCCNC(=O)CCCN(CP(=O)(OC)OC)CP(=O)(OC)OC. The molecule has 0 atom stereocenters. The van der Waals surface area contributed by atoms with Crippen LogP contribution in [0.2, 0.25) is 0 Å². The van der Waals surface area contributed by atoms with E-state index in [0.717, 1.165) is 25.9 Å². The Labute approximate surface area is 169 Å². The van der Waals surface area contributed by atoms with Crippen molar-refractivity contribution < 1.29 is 32.0 Å². The van der Waals surface area contributed by atoms with Crippen LogP contribution in [0.15, 0.2) is 0 Å². The average molecular weight is 445 g/mol. The monoisotopic (exact) mass is 445 g/mol. The van der Waals surface area contributed by atoms with Crippen molar-refractivity contribution in [2.45, 2.75) is 32.6 Å². The fourth-order valence-corrected chi connectivity index (χ4v) is 4.73. The van der Waals surface area contributed by atoms with Gasteiger partial charge < -0.3 is 28.7 Å². The number of nitrogens with zero attached hydrogens (tertiary/aromatic N) is 1. The van der Waals surface area contributed by atoms with Crippen molar-refractivity contribution in [2.24, 2.45) is 0 Å². The van der Waals surface area contributed by atoms with Crippen LogP contribution >= 0.6 is 15.2 Å². The van der Waals surface area contributed by atoms with E-state index >= 15 is 0 Å². The van der Waals surface area contributed by atoms with E-state index in [2.05, 4.69) is 17.6 Å². The minimum absolute atomic E-state index is 0.0567. The van der Waals surface area contributed by atoms with Gasteiger partial charge in [-0.3, -0.25) is 18.8 Å². The largest absolute Gasteiger partial charge is 0.356 e. The topological polar surface area (TPSA) is 115 Å². The molecule has 0 bridgehead atoms. The molecule has 0 aliphatic carbocycles. The number of nitrogens with one attached hydrogen (secondary N) is 2.